The number of aromatic amines is 1. The van der Waals surface area contributed by atoms with E-state index in [9.17, 15) is 9.18 Å². The Morgan fingerprint density at radius 3 is 2.47 bits per heavy atom. The first-order valence-corrected chi connectivity index (χ1v) is 11.1. The molecule has 170 valence electrons. The zero-order valence-corrected chi connectivity index (χ0v) is 19.5. The second kappa shape index (κ2) is 11.1. The molecule has 0 saturated heterocycles. The van der Waals surface area contributed by atoms with Crippen molar-refractivity contribution < 1.29 is 9.13 Å². The van der Waals surface area contributed by atoms with E-state index in [-0.39, 0.29) is 11.4 Å². The van der Waals surface area contributed by atoms with Crippen LogP contribution in [0, 0.1) is 5.82 Å². The summed E-state index contributed by atoms with van der Waals surface area (Å²) in [5.41, 5.74) is 1.87. The Kier molecular flexibility index (Phi) is 8.19. The summed E-state index contributed by atoms with van der Waals surface area (Å²) in [6, 6.07) is 13.5. The summed E-state index contributed by atoms with van der Waals surface area (Å²) in [4.78, 5) is 20.0. The van der Waals surface area contributed by atoms with E-state index < -0.39 is 0 Å². The lowest BCUT2D eigenvalue weighted by molar-refractivity contribution is 0.266. The molecule has 0 unspecified atom stereocenters. The fraction of sp³-hybridized carbons (Fsp3) is 0.333. The number of anilines is 1. The third-order valence-corrected chi connectivity index (χ3v) is 5.81. The van der Waals surface area contributed by atoms with Gasteiger partial charge in [-0.25, -0.2) is 4.39 Å². The molecule has 0 aliphatic rings. The molecule has 0 aliphatic carbocycles. The molecule has 0 radical (unpaired) electrons. The number of methoxy groups -OCH3 is 1. The molecule has 0 atom stereocenters. The molecule has 2 aromatic carbocycles. The fourth-order valence-electron chi connectivity index (χ4n) is 3.47. The summed E-state index contributed by atoms with van der Waals surface area (Å²) in [6.45, 7) is 7.90. The van der Waals surface area contributed by atoms with E-state index >= 15 is 0 Å². The number of pyridine rings is 1. The van der Waals surface area contributed by atoms with Crippen molar-refractivity contribution in [2.75, 3.05) is 38.6 Å². The molecule has 8 heteroatoms. The number of halogens is 1. The second-order valence-electron chi connectivity index (χ2n) is 7.46. The number of likely N-dealkylation sites (N-methyl/N-ethyl adjacent to an activating group) is 1. The number of nitrogens with one attached hydrogen (secondary N) is 2. The molecular weight excluding hydrogens is 427 g/mol. The zero-order chi connectivity index (χ0) is 23.1. The molecular formula is C24H29FN4O2S. The average molecular weight is 457 g/mol. The molecule has 0 aliphatic heterocycles. The van der Waals surface area contributed by atoms with Gasteiger partial charge in [-0.05, 0) is 73.2 Å². The number of thiocarbonyl (C=S) groups is 1. The molecule has 0 amide bonds. The highest BCUT2D eigenvalue weighted by Crippen LogP contribution is 2.19. The normalized spacial score (nSPS) is 11.0. The highest BCUT2D eigenvalue weighted by molar-refractivity contribution is 7.80. The van der Waals surface area contributed by atoms with Crippen molar-refractivity contribution in [3.05, 3.63) is 70.3 Å². The van der Waals surface area contributed by atoms with Gasteiger partial charge < -0.3 is 24.8 Å². The third-order valence-electron chi connectivity index (χ3n) is 5.45. The van der Waals surface area contributed by atoms with Gasteiger partial charge in [-0.2, -0.15) is 0 Å². The standard InChI is InChI=1S/C24H29FN4O2S/c1-4-28(5-2)12-13-29(24(32)26-20-9-7-19(25)8-10-20)16-18-14-17-6-11-21(31-3)15-22(17)27-23(18)30/h6-11,14-15H,4-5,12-13,16H2,1-3H3,(H,26,32)(H,27,30). The van der Waals surface area contributed by atoms with Gasteiger partial charge in [-0.15, -0.1) is 0 Å². The van der Waals surface area contributed by atoms with E-state index in [0.29, 0.717) is 35.2 Å². The van der Waals surface area contributed by atoms with Crippen LogP contribution in [0.15, 0.2) is 53.3 Å². The lowest BCUT2D eigenvalue weighted by Gasteiger charge is -2.29. The van der Waals surface area contributed by atoms with Crippen LogP contribution < -0.4 is 15.6 Å². The van der Waals surface area contributed by atoms with Crippen LogP contribution in [-0.4, -0.2) is 53.2 Å². The van der Waals surface area contributed by atoms with Gasteiger partial charge in [0.1, 0.15) is 11.6 Å². The van der Waals surface area contributed by atoms with Crippen LogP contribution in [0.5, 0.6) is 5.75 Å². The van der Waals surface area contributed by atoms with Crippen LogP contribution in [0.3, 0.4) is 0 Å². The molecule has 0 bridgehead atoms. The monoisotopic (exact) mass is 456 g/mol. The van der Waals surface area contributed by atoms with Crippen molar-refractivity contribution in [1.29, 1.82) is 0 Å². The Morgan fingerprint density at radius 1 is 1.09 bits per heavy atom. The first-order valence-electron chi connectivity index (χ1n) is 10.7. The summed E-state index contributed by atoms with van der Waals surface area (Å²) in [5, 5.41) is 4.57. The summed E-state index contributed by atoms with van der Waals surface area (Å²) < 4.78 is 18.5. The number of rotatable bonds is 9. The van der Waals surface area contributed by atoms with Crippen molar-refractivity contribution in [2.45, 2.75) is 20.4 Å². The summed E-state index contributed by atoms with van der Waals surface area (Å²) >= 11 is 5.66. The number of nitrogens with zero attached hydrogens (tertiary/aromatic N) is 2. The van der Waals surface area contributed by atoms with Crippen molar-refractivity contribution >= 4 is 33.9 Å². The van der Waals surface area contributed by atoms with Crippen molar-refractivity contribution in [2.24, 2.45) is 0 Å². The van der Waals surface area contributed by atoms with Crippen molar-refractivity contribution in [3.63, 3.8) is 0 Å². The molecule has 32 heavy (non-hydrogen) atoms. The maximum atomic E-state index is 13.3. The molecule has 3 rings (SSSR count). The predicted octanol–water partition coefficient (Wildman–Crippen LogP) is 4.22. The van der Waals surface area contributed by atoms with Gasteiger partial charge in [0, 0.05) is 30.4 Å². The highest BCUT2D eigenvalue weighted by atomic mass is 32.1. The minimum absolute atomic E-state index is 0.164. The van der Waals surface area contributed by atoms with Crippen LogP contribution in [0.2, 0.25) is 0 Å². The van der Waals surface area contributed by atoms with Gasteiger partial charge in [-0.1, -0.05) is 13.8 Å². The maximum absolute atomic E-state index is 13.3. The Labute approximate surface area is 193 Å². The highest BCUT2D eigenvalue weighted by Gasteiger charge is 2.15. The molecule has 0 saturated carbocycles. The Bertz CT molecular complexity index is 1110. The lowest BCUT2D eigenvalue weighted by atomic mass is 10.1. The van der Waals surface area contributed by atoms with E-state index in [1.165, 1.54) is 12.1 Å². The lowest BCUT2D eigenvalue weighted by Crippen LogP contribution is -2.41. The van der Waals surface area contributed by atoms with E-state index in [4.69, 9.17) is 17.0 Å². The minimum Gasteiger partial charge on any atom is -0.497 e. The van der Waals surface area contributed by atoms with Gasteiger partial charge in [0.15, 0.2) is 5.11 Å². The molecule has 1 heterocycles. The number of hydrogen-bond donors (Lipinski definition) is 2. The Morgan fingerprint density at radius 2 is 1.81 bits per heavy atom. The number of fused-ring (bicyclic) bond motifs is 1. The van der Waals surface area contributed by atoms with E-state index in [1.54, 1.807) is 25.3 Å². The van der Waals surface area contributed by atoms with Gasteiger partial charge in [0.25, 0.3) is 5.56 Å². The van der Waals surface area contributed by atoms with E-state index in [0.717, 1.165) is 30.5 Å². The molecule has 1 aromatic heterocycles. The molecule has 2 N–H and O–H groups in total. The maximum Gasteiger partial charge on any atom is 0.253 e. The SMILES string of the molecule is CCN(CC)CCN(Cc1cc2ccc(OC)cc2[nH]c1=O)C(=S)Nc1ccc(F)cc1. The van der Waals surface area contributed by atoms with E-state index in [2.05, 4.69) is 29.0 Å². The predicted molar refractivity (Wildman–Crippen MR) is 132 cm³/mol. The van der Waals surface area contributed by atoms with Crippen molar-refractivity contribution in [3.8, 4) is 5.75 Å². The van der Waals surface area contributed by atoms with Crippen LogP contribution in [0.1, 0.15) is 19.4 Å². The Balaban J connectivity index is 1.85. The smallest absolute Gasteiger partial charge is 0.253 e. The summed E-state index contributed by atoms with van der Waals surface area (Å²) in [6.07, 6.45) is 0. The van der Waals surface area contributed by atoms with Crippen LogP contribution in [0.4, 0.5) is 10.1 Å². The number of H-pyrrole nitrogens is 1. The van der Waals surface area contributed by atoms with Crippen molar-refractivity contribution in [1.82, 2.24) is 14.8 Å². The van der Waals surface area contributed by atoms with Gasteiger partial charge in [-0.3, -0.25) is 4.79 Å². The topological polar surface area (TPSA) is 60.6 Å². The summed E-state index contributed by atoms with van der Waals surface area (Å²) in [5.74, 6) is 0.380. The van der Waals surface area contributed by atoms with E-state index in [1.807, 2.05) is 23.1 Å². The average Bonchev–Trinajstić information content (AvgIpc) is 2.80. The minimum atomic E-state index is -0.306. The molecule has 3 aromatic rings. The first-order chi connectivity index (χ1) is 15.4. The Hall–Kier alpha value is -2.97. The van der Waals surface area contributed by atoms with Crippen LogP contribution in [-0.2, 0) is 6.54 Å². The van der Waals surface area contributed by atoms with Gasteiger partial charge in [0.05, 0.1) is 19.2 Å². The summed E-state index contributed by atoms with van der Waals surface area (Å²) in [7, 11) is 1.59. The number of hydrogen-bond acceptors (Lipinski definition) is 4. The van der Waals surface area contributed by atoms with Crippen LogP contribution in [0.25, 0.3) is 10.9 Å². The molecule has 0 spiro atoms. The number of benzene rings is 2. The quantitative estimate of drug-likeness (QED) is 0.470. The number of ether oxygens (including phenoxy) is 1. The first kappa shape index (κ1) is 23.7. The van der Waals surface area contributed by atoms with Gasteiger partial charge >= 0.3 is 0 Å². The molecule has 0 fully saturated rings. The van der Waals surface area contributed by atoms with Gasteiger partial charge in [0.2, 0.25) is 0 Å². The largest absolute Gasteiger partial charge is 0.497 e. The second-order valence-corrected chi connectivity index (χ2v) is 7.85. The zero-order valence-electron chi connectivity index (χ0n) is 18.7. The van der Waals surface area contributed by atoms with Crippen LogP contribution >= 0.6 is 12.2 Å². The number of aromatic nitrogens is 1. The third kappa shape index (κ3) is 6.05. The fourth-order valence-corrected chi connectivity index (χ4v) is 3.74. The molecule has 6 nitrogen and oxygen atoms in total.